The summed E-state index contributed by atoms with van der Waals surface area (Å²) in [5.74, 6) is -7.95. The lowest BCUT2D eigenvalue weighted by Gasteiger charge is -2.24. The van der Waals surface area contributed by atoms with E-state index in [9.17, 15) is 49.1 Å². The van der Waals surface area contributed by atoms with Gasteiger partial charge in [0.15, 0.2) is 0 Å². The highest BCUT2D eigenvalue weighted by Crippen LogP contribution is 2.32. The van der Waals surface area contributed by atoms with E-state index in [0.717, 1.165) is 48.5 Å². The molecular formula is C41H31F6N7O5S. The van der Waals surface area contributed by atoms with Gasteiger partial charge in [0.25, 0.3) is 11.8 Å². The molecule has 0 unspecified atom stereocenters. The van der Waals surface area contributed by atoms with Crippen LogP contribution >= 0.6 is 0 Å². The fourth-order valence-corrected chi connectivity index (χ4v) is 7.44. The molecule has 12 nitrogen and oxygen atoms in total. The molecule has 19 heteroatoms. The second-order valence-electron chi connectivity index (χ2n) is 13.3. The lowest BCUT2D eigenvalue weighted by atomic mass is 9.94. The highest BCUT2D eigenvalue weighted by Gasteiger charge is 2.29. The summed E-state index contributed by atoms with van der Waals surface area (Å²) in [6.07, 6.45) is 1.70. The number of nitrogens with zero attached hydrogens (tertiary/aromatic N) is 2. The summed E-state index contributed by atoms with van der Waals surface area (Å²) < 4.78 is 118. The number of rotatable bonds is 14. The zero-order valence-corrected chi connectivity index (χ0v) is 31.5. The molecule has 308 valence electrons. The first-order valence-corrected chi connectivity index (χ1v) is 19.0. The number of carbonyl (C=O) groups is 3. The highest BCUT2D eigenvalue weighted by atomic mass is 32.2. The Balaban J connectivity index is 1.36. The third kappa shape index (κ3) is 10.3. The number of halogens is 6. The van der Waals surface area contributed by atoms with Crippen molar-refractivity contribution in [2.45, 2.75) is 24.9 Å². The van der Waals surface area contributed by atoms with Crippen LogP contribution in [0.1, 0.15) is 55.3 Å². The second kappa shape index (κ2) is 17.8. The molecule has 0 aliphatic carbocycles. The number of carbonyl (C=O) groups excluding carboxylic acids is 3. The summed E-state index contributed by atoms with van der Waals surface area (Å²) in [6.45, 7) is 0. The lowest BCUT2D eigenvalue weighted by Crippen LogP contribution is -2.48. The highest BCUT2D eigenvalue weighted by molar-refractivity contribution is 7.88. The van der Waals surface area contributed by atoms with Crippen molar-refractivity contribution in [2.24, 2.45) is 11.5 Å². The lowest BCUT2D eigenvalue weighted by molar-refractivity contribution is 0.0987. The number of nitrogens with two attached hydrogens (primary N) is 2. The van der Waals surface area contributed by atoms with Crippen LogP contribution < -0.4 is 26.2 Å². The van der Waals surface area contributed by atoms with Crippen molar-refractivity contribution in [3.63, 3.8) is 0 Å². The average molecular weight is 848 g/mol. The monoisotopic (exact) mass is 847 g/mol. The van der Waals surface area contributed by atoms with Crippen molar-refractivity contribution in [1.29, 1.82) is 0 Å². The molecule has 7 N–H and O–H groups in total. The Bertz CT molecular complexity index is 2720. The predicted molar refractivity (Wildman–Crippen MR) is 206 cm³/mol. The van der Waals surface area contributed by atoms with E-state index in [2.05, 4.69) is 20.0 Å². The summed E-state index contributed by atoms with van der Waals surface area (Å²) in [7, 11) is -5.00. The van der Waals surface area contributed by atoms with Gasteiger partial charge < -0.3 is 16.8 Å². The first-order valence-electron chi connectivity index (χ1n) is 17.6. The molecule has 0 bridgehead atoms. The summed E-state index contributed by atoms with van der Waals surface area (Å²) in [6, 6.07) is 13.3. The number of benzene rings is 4. The number of amides is 4. The Labute approximate surface area is 337 Å². The maximum absolute atomic E-state index is 14.4. The Morgan fingerprint density at radius 1 is 0.583 bits per heavy atom. The topological polar surface area (TPSA) is 199 Å². The molecule has 6 rings (SSSR count). The van der Waals surface area contributed by atoms with E-state index in [1.165, 1.54) is 48.8 Å². The van der Waals surface area contributed by atoms with E-state index < -0.39 is 92.6 Å². The minimum atomic E-state index is -5.00. The number of hydrogen-bond acceptors (Lipinski definition) is 7. The molecule has 0 radical (unpaired) electrons. The molecule has 2 atom stereocenters. The van der Waals surface area contributed by atoms with Crippen LogP contribution in [0.25, 0.3) is 22.3 Å². The van der Waals surface area contributed by atoms with Crippen molar-refractivity contribution in [3.8, 4) is 22.3 Å². The van der Waals surface area contributed by atoms with Crippen LogP contribution in [0.5, 0.6) is 0 Å². The van der Waals surface area contributed by atoms with Crippen molar-refractivity contribution in [2.75, 3.05) is 0 Å². The molecule has 6 aromatic rings. The molecule has 2 heterocycles. The Morgan fingerprint density at radius 3 is 1.43 bits per heavy atom. The van der Waals surface area contributed by atoms with Gasteiger partial charge in [-0.15, -0.1) is 0 Å². The minimum Gasteiger partial charge on any atom is -0.366 e. The standard InChI is InChI=1S/C41H31F6N7O5S/c42-25-11-21(12-26(43)19-25)15-35(37-29(3-1-9-50-37)23-5-7-33(46)31(17-23)39(48)55)52-41(57)54-60(58,59)53-36(16-22-13-27(44)20-28(45)14-22)38-30(4-2-10-51-38)24-6-8-34(47)32(18-24)40(49)56/h1-14,17-20,35-36,53H,15-16H2,(H2,48,55)(H2,49,56)(H2,52,54,57)/t35-,36-/m0/s1. The second-order valence-corrected chi connectivity index (χ2v) is 14.7. The first-order chi connectivity index (χ1) is 28.5. The SMILES string of the molecule is NC(=O)c1cc(-c2cccnc2[C@H](Cc2cc(F)cc(F)c2)NC(=O)NS(=O)(=O)N[C@@H](Cc2cc(F)cc(F)c2)c2ncccc2-c2ccc(F)c(C(N)=O)c2)ccc1F. The van der Waals surface area contributed by atoms with E-state index in [0.29, 0.717) is 12.1 Å². The van der Waals surface area contributed by atoms with Gasteiger partial charge in [-0.1, -0.05) is 24.3 Å². The Hall–Kier alpha value is -7.12. The quantitative estimate of drug-likeness (QED) is 0.0799. The van der Waals surface area contributed by atoms with E-state index in [1.54, 1.807) is 4.72 Å². The summed E-state index contributed by atoms with van der Waals surface area (Å²) in [5, 5.41) is 2.44. The van der Waals surface area contributed by atoms with Crippen LogP contribution in [-0.4, -0.2) is 36.2 Å². The maximum Gasteiger partial charge on any atom is 0.329 e. The minimum absolute atomic E-state index is 0.00215. The van der Waals surface area contributed by atoms with Crippen LogP contribution in [0.3, 0.4) is 0 Å². The van der Waals surface area contributed by atoms with Crippen molar-refractivity contribution in [1.82, 2.24) is 24.7 Å². The molecule has 4 amide bonds. The van der Waals surface area contributed by atoms with Gasteiger partial charge in [0.1, 0.15) is 34.9 Å². The fourth-order valence-electron chi connectivity index (χ4n) is 6.51. The van der Waals surface area contributed by atoms with Gasteiger partial charge in [0, 0.05) is 35.7 Å². The van der Waals surface area contributed by atoms with Gasteiger partial charge in [-0.25, -0.2) is 35.9 Å². The number of urea groups is 1. The number of aromatic nitrogens is 2. The number of hydrogen-bond donors (Lipinski definition) is 5. The number of pyridine rings is 2. The van der Waals surface area contributed by atoms with E-state index in [-0.39, 0.29) is 51.2 Å². The summed E-state index contributed by atoms with van der Waals surface area (Å²) in [4.78, 5) is 46.2. The summed E-state index contributed by atoms with van der Waals surface area (Å²) in [5.41, 5.74) is 10.2. The van der Waals surface area contributed by atoms with Crippen LogP contribution in [0, 0.1) is 34.9 Å². The van der Waals surface area contributed by atoms with E-state index in [1.807, 2.05) is 0 Å². The van der Waals surface area contributed by atoms with Gasteiger partial charge in [-0.3, -0.25) is 19.6 Å². The zero-order chi connectivity index (χ0) is 43.3. The van der Waals surface area contributed by atoms with Gasteiger partial charge in [0.05, 0.1) is 34.6 Å². The molecule has 0 spiro atoms. The van der Waals surface area contributed by atoms with Crippen LogP contribution in [-0.2, 0) is 23.1 Å². The van der Waals surface area contributed by atoms with E-state index in [4.69, 9.17) is 11.5 Å². The van der Waals surface area contributed by atoms with Crippen molar-refractivity contribution in [3.05, 3.63) is 178 Å². The molecule has 2 aromatic heterocycles. The molecule has 0 saturated carbocycles. The smallest absolute Gasteiger partial charge is 0.329 e. The Kier molecular flexibility index (Phi) is 12.6. The fraction of sp³-hybridized carbons (Fsp3) is 0.0976. The van der Waals surface area contributed by atoms with Crippen LogP contribution in [0.15, 0.2) is 109 Å². The maximum atomic E-state index is 14.4. The first kappa shape index (κ1) is 42.5. The van der Waals surface area contributed by atoms with Gasteiger partial charge in [0.2, 0.25) is 0 Å². The molecule has 60 heavy (non-hydrogen) atoms. The number of nitrogens with one attached hydrogen (secondary N) is 3. The molecular weight excluding hydrogens is 817 g/mol. The van der Waals surface area contributed by atoms with Crippen molar-refractivity contribution < 1.29 is 49.1 Å². The third-order valence-corrected chi connectivity index (χ3v) is 10.0. The predicted octanol–water partition coefficient (Wildman–Crippen LogP) is 6.24. The largest absolute Gasteiger partial charge is 0.366 e. The normalized spacial score (nSPS) is 12.4. The van der Waals surface area contributed by atoms with Gasteiger partial charge in [-0.05, 0) is 95.8 Å². The number of primary amides is 2. The molecule has 0 saturated heterocycles. The average Bonchev–Trinajstić information content (AvgIpc) is 3.16. The third-order valence-electron chi connectivity index (χ3n) is 8.98. The van der Waals surface area contributed by atoms with Crippen molar-refractivity contribution >= 4 is 28.1 Å². The van der Waals surface area contributed by atoms with Crippen LogP contribution in [0.4, 0.5) is 31.1 Å². The van der Waals surface area contributed by atoms with Gasteiger partial charge >= 0.3 is 16.2 Å². The molecule has 0 aliphatic rings. The summed E-state index contributed by atoms with van der Waals surface area (Å²) >= 11 is 0. The Morgan fingerprint density at radius 2 is 1.00 bits per heavy atom. The van der Waals surface area contributed by atoms with E-state index >= 15 is 0 Å². The molecule has 0 fully saturated rings. The molecule has 4 aromatic carbocycles. The zero-order valence-electron chi connectivity index (χ0n) is 30.7. The molecule has 0 aliphatic heterocycles. The van der Waals surface area contributed by atoms with Gasteiger partial charge in [-0.2, -0.15) is 13.1 Å². The van der Waals surface area contributed by atoms with Crippen LogP contribution in [0.2, 0.25) is 0 Å².